The molecular weight excluding hydrogens is 396 g/mol. The van der Waals surface area contributed by atoms with E-state index < -0.39 is 25.8 Å². The standard InChI is InChI=1S/C21H44O9/c1-2-23-14-15-24-7-3-8-25-16-17-26-9-4-10-27-18-19-28-11-5-12-29-20-21-30-13-6-22/h22H,2-21H2,1H3/i3D,4D,5D,6D. The molecule has 0 aliphatic rings. The normalized spacial score (nSPS) is 17.5. The van der Waals surface area contributed by atoms with Crippen LogP contribution in [0.5, 0.6) is 0 Å². The molecule has 0 bridgehead atoms. The zero-order valence-corrected chi connectivity index (χ0v) is 18.3. The molecule has 0 heterocycles. The Balaban J connectivity index is 3.35. The third-order valence-corrected chi connectivity index (χ3v) is 3.30. The van der Waals surface area contributed by atoms with E-state index in [-0.39, 0.29) is 46.2 Å². The van der Waals surface area contributed by atoms with Crippen molar-refractivity contribution in [2.75, 3.05) is 112 Å². The maximum atomic E-state index is 8.72. The average Bonchev–Trinajstić information content (AvgIpc) is 2.80. The molecule has 0 aromatic rings. The molecule has 9 heteroatoms. The first-order valence-electron chi connectivity index (χ1n) is 12.8. The van der Waals surface area contributed by atoms with Gasteiger partial charge in [0.25, 0.3) is 0 Å². The molecule has 0 rings (SSSR count). The first-order valence-corrected chi connectivity index (χ1v) is 10.4. The maximum Gasteiger partial charge on any atom is 0.0701 e. The Morgan fingerprint density at radius 1 is 0.433 bits per heavy atom. The lowest BCUT2D eigenvalue weighted by molar-refractivity contribution is 0.00778. The maximum absolute atomic E-state index is 8.72. The Kier molecular flexibility index (Phi) is 21.8. The Morgan fingerprint density at radius 3 is 0.967 bits per heavy atom. The Labute approximate surface area is 187 Å². The van der Waals surface area contributed by atoms with Crippen molar-refractivity contribution >= 4 is 0 Å². The van der Waals surface area contributed by atoms with E-state index in [9.17, 15) is 0 Å². The predicted molar refractivity (Wildman–Crippen MR) is 113 cm³/mol. The molecule has 0 spiro atoms. The highest BCUT2D eigenvalue weighted by Gasteiger charge is 1.95. The summed E-state index contributed by atoms with van der Waals surface area (Å²) in [5, 5.41) is 8.72. The van der Waals surface area contributed by atoms with Gasteiger partial charge in [0.2, 0.25) is 0 Å². The van der Waals surface area contributed by atoms with Crippen LogP contribution in [-0.4, -0.2) is 117 Å². The van der Waals surface area contributed by atoms with Gasteiger partial charge in [-0.3, -0.25) is 0 Å². The van der Waals surface area contributed by atoms with Gasteiger partial charge in [-0.05, 0) is 26.1 Å². The summed E-state index contributed by atoms with van der Waals surface area (Å²) in [7, 11) is 0. The molecular formula is C21H44O9. The molecule has 0 aromatic carbocycles. The fraction of sp³-hybridized carbons (Fsp3) is 1.00. The van der Waals surface area contributed by atoms with Gasteiger partial charge in [-0.2, -0.15) is 0 Å². The zero-order valence-electron chi connectivity index (χ0n) is 22.3. The quantitative estimate of drug-likeness (QED) is 0.188. The van der Waals surface area contributed by atoms with E-state index in [1.807, 2.05) is 6.92 Å². The Bertz CT molecular complexity index is 414. The van der Waals surface area contributed by atoms with Crippen molar-refractivity contribution in [1.82, 2.24) is 0 Å². The summed E-state index contributed by atoms with van der Waals surface area (Å²) in [6, 6.07) is 0. The minimum Gasteiger partial charge on any atom is -0.394 e. The van der Waals surface area contributed by atoms with E-state index >= 15 is 0 Å². The first-order chi connectivity index (χ1) is 16.5. The summed E-state index contributed by atoms with van der Waals surface area (Å²) in [5.74, 6) is 0. The second kappa shape index (κ2) is 28.6. The minimum atomic E-state index is -1.24. The van der Waals surface area contributed by atoms with E-state index in [1.165, 1.54) is 0 Å². The van der Waals surface area contributed by atoms with E-state index in [0.29, 0.717) is 59.5 Å². The van der Waals surface area contributed by atoms with E-state index in [4.69, 9.17) is 48.5 Å². The van der Waals surface area contributed by atoms with Crippen LogP contribution in [0.15, 0.2) is 0 Å². The molecule has 4 unspecified atom stereocenters. The molecule has 0 amide bonds. The average molecular weight is 445 g/mol. The van der Waals surface area contributed by atoms with Crippen molar-refractivity contribution in [3.05, 3.63) is 0 Å². The summed E-state index contributed by atoms with van der Waals surface area (Å²) in [5.41, 5.74) is 0. The summed E-state index contributed by atoms with van der Waals surface area (Å²) in [6.07, 6.45) is -1.49. The van der Waals surface area contributed by atoms with Gasteiger partial charge in [0, 0.05) is 50.4 Å². The number of rotatable bonds is 27. The van der Waals surface area contributed by atoms with E-state index in [1.54, 1.807) is 0 Å². The van der Waals surface area contributed by atoms with Gasteiger partial charge in [-0.25, -0.2) is 0 Å². The van der Waals surface area contributed by atoms with Gasteiger partial charge in [-0.15, -0.1) is 0 Å². The van der Waals surface area contributed by atoms with Crippen LogP contribution in [0.2, 0.25) is 0 Å². The summed E-state index contributed by atoms with van der Waals surface area (Å²) < 4.78 is 72.5. The fourth-order valence-corrected chi connectivity index (χ4v) is 1.90. The number of hydrogen-bond donors (Lipinski definition) is 1. The lowest BCUT2D eigenvalue weighted by atomic mass is 10.5. The smallest absolute Gasteiger partial charge is 0.0701 e. The van der Waals surface area contributed by atoms with Gasteiger partial charge in [-0.1, -0.05) is 0 Å². The van der Waals surface area contributed by atoms with Crippen molar-refractivity contribution in [2.24, 2.45) is 0 Å². The largest absolute Gasteiger partial charge is 0.394 e. The number of ether oxygens (including phenoxy) is 8. The van der Waals surface area contributed by atoms with Crippen LogP contribution in [0.25, 0.3) is 0 Å². The first kappa shape index (κ1) is 22.8. The fourth-order valence-electron chi connectivity index (χ4n) is 1.90. The highest BCUT2D eigenvalue weighted by atomic mass is 16.5. The van der Waals surface area contributed by atoms with Crippen molar-refractivity contribution in [1.29, 1.82) is 0 Å². The summed E-state index contributed by atoms with van der Waals surface area (Å²) in [6.45, 7) is 5.62. The summed E-state index contributed by atoms with van der Waals surface area (Å²) in [4.78, 5) is 0. The van der Waals surface area contributed by atoms with Crippen LogP contribution in [0.1, 0.15) is 31.6 Å². The topological polar surface area (TPSA) is 94.1 Å². The van der Waals surface area contributed by atoms with Crippen molar-refractivity contribution < 1.29 is 48.5 Å². The third-order valence-electron chi connectivity index (χ3n) is 3.30. The second-order valence-electron chi connectivity index (χ2n) is 5.77. The highest BCUT2D eigenvalue weighted by Crippen LogP contribution is 1.90. The highest BCUT2D eigenvalue weighted by molar-refractivity contribution is 4.40. The third kappa shape index (κ3) is 27.6. The van der Waals surface area contributed by atoms with Crippen LogP contribution in [0, 0.1) is 0 Å². The van der Waals surface area contributed by atoms with Gasteiger partial charge < -0.3 is 43.0 Å². The van der Waals surface area contributed by atoms with Crippen molar-refractivity contribution in [2.45, 2.75) is 26.1 Å². The Hall–Kier alpha value is -0.360. The molecule has 4 atom stereocenters. The molecule has 0 saturated heterocycles. The van der Waals surface area contributed by atoms with Crippen LogP contribution in [0.4, 0.5) is 0 Å². The molecule has 0 aliphatic carbocycles. The van der Waals surface area contributed by atoms with Gasteiger partial charge >= 0.3 is 0 Å². The predicted octanol–water partition coefficient (Wildman–Crippen LogP) is 1.30. The number of aliphatic hydroxyl groups excluding tert-OH is 1. The lowest BCUT2D eigenvalue weighted by Gasteiger charge is -2.08. The minimum absolute atomic E-state index is 0.0594. The summed E-state index contributed by atoms with van der Waals surface area (Å²) >= 11 is 0. The Morgan fingerprint density at radius 2 is 0.700 bits per heavy atom. The molecule has 1 N–H and O–H groups in total. The molecule has 0 fully saturated rings. The van der Waals surface area contributed by atoms with Crippen LogP contribution in [0.3, 0.4) is 0 Å². The molecule has 0 saturated carbocycles. The number of hydrogen-bond acceptors (Lipinski definition) is 9. The monoisotopic (exact) mass is 444 g/mol. The van der Waals surface area contributed by atoms with Gasteiger partial charge in [0.15, 0.2) is 0 Å². The molecule has 9 nitrogen and oxygen atoms in total. The van der Waals surface area contributed by atoms with E-state index in [0.717, 1.165) is 0 Å². The molecule has 30 heavy (non-hydrogen) atoms. The number of aliphatic hydroxyl groups is 1. The van der Waals surface area contributed by atoms with Gasteiger partial charge in [0.05, 0.1) is 67.4 Å². The van der Waals surface area contributed by atoms with Crippen LogP contribution in [-0.2, 0) is 37.9 Å². The lowest BCUT2D eigenvalue weighted by Crippen LogP contribution is -2.11. The van der Waals surface area contributed by atoms with Gasteiger partial charge in [0.1, 0.15) is 0 Å². The van der Waals surface area contributed by atoms with Crippen molar-refractivity contribution in [3.63, 3.8) is 0 Å². The molecule has 0 aromatic heterocycles. The van der Waals surface area contributed by atoms with Crippen LogP contribution >= 0.6 is 0 Å². The van der Waals surface area contributed by atoms with Crippen LogP contribution < -0.4 is 0 Å². The molecule has 0 radical (unpaired) electrons. The zero-order chi connectivity index (χ0) is 25.3. The molecule has 182 valence electrons. The molecule has 0 aliphatic heterocycles. The SMILES string of the molecule is [2H]C(O)COCCOCC([2H])COCCOCC([2H])COCCOCC([2H])COCCOCC. The van der Waals surface area contributed by atoms with Crippen molar-refractivity contribution in [3.8, 4) is 0 Å². The second-order valence-corrected chi connectivity index (χ2v) is 5.77. The van der Waals surface area contributed by atoms with E-state index in [2.05, 4.69) is 0 Å².